The minimum atomic E-state index is -1.18. The van der Waals surface area contributed by atoms with Crippen molar-refractivity contribution in [3.8, 4) is 11.5 Å². The van der Waals surface area contributed by atoms with E-state index in [4.69, 9.17) is 16.0 Å². The van der Waals surface area contributed by atoms with E-state index < -0.39 is 5.60 Å². The average molecular weight is 278 g/mol. The molecule has 6 heteroatoms. The molecule has 0 unspecified atom stereocenters. The molecule has 1 aliphatic carbocycles. The number of fused-ring (bicyclic) bond motifs is 1. The van der Waals surface area contributed by atoms with Crippen molar-refractivity contribution in [2.75, 3.05) is 0 Å². The molecule has 5 nitrogen and oxygen atoms in total. The Morgan fingerprint density at radius 1 is 1.37 bits per heavy atom. The molecule has 98 valence electrons. The van der Waals surface area contributed by atoms with Crippen molar-refractivity contribution in [1.82, 2.24) is 15.2 Å². The molecule has 19 heavy (non-hydrogen) atoms. The molecule has 0 saturated carbocycles. The van der Waals surface area contributed by atoms with E-state index in [2.05, 4.69) is 15.2 Å². The van der Waals surface area contributed by atoms with Crippen LogP contribution in [0.5, 0.6) is 0 Å². The highest BCUT2D eigenvalue weighted by Crippen LogP contribution is 2.34. The zero-order valence-electron chi connectivity index (χ0n) is 10.5. The molecule has 3 rings (SSSR count). The first-order valence-electron chi connectivity index (χ1n) is 5.87. The van der Waals surface area contributed by atoms with E-state index >= 15 is 0 Å². The molecular weight excluding hydrogens is 266 g/mol. The van der Waals surface area contributed by atoms with Crippen LogP contribution in [0.1, 0.15) is 31.0 Å². The molecular formula is C13H12ClN3O2. The summed E-state index contributed by atoms with van der Waals surface area (Å²) in [7, 11) is 0. The molecule has 0 radical (unpaired) electrons. The molecule has 2 aromatic rings. The lowest BCUT2D eigenvalue weighted by Crippen LogP contribution is -2.15. The number of hydrogen-bond acceptors (Lipinski definition) is 5. The Kier molecular flexibility index (Phi) is 2.69. The van der Waals surface area contributed by atoms with Gasteiger partial charge in [0, 0.05) is 18.2 Å². The summed E-state index contributed by atoms with van der Waals surface area (Å²) in [5.74, 6) is 0.410. The minimum absolute atomic E-state index is 0.148. The topological polar surface area (TPSA) is 72.0 Å². The van der Waals surface area contributed by atoms with E-state index in [0.717, 1.165) is 17.7 Å². The number of pyridine rings is 1. The zero-order chi connectivity index (χ0) is 13.6. The van der Waals surface area contributed by atoms with Crippen LogP contribution in [-0.4, -0.2) is 20.3 Å². The Hall–Kier alpha value is -1.72. The number of aliphatic hydroxyl groups is 1. The smallest absolute Gasteiger partial charge is 0.250 e. The summed E-state index contributed by atoms with van der Waals surface area (Å²) in [4.78, 5) is 4.33. The second-order valence-corrected chi connectivity index (χ2v) is 5.30. The van der Waals surface area contributed by atoms with Crippen molar-refractivity contribution < 1.29 is 9.52 Å². The minimum Gasteiger partial charge on any atom is -0.417 e. The van der Waals surface area contributed by atoms with Crippen molar-refractivity contribution >= 4 is 17.7 Å². The number of allylic oxidation sites excluding steroid dienone is 1. The molecule has 2 aromatic heterocycles. The normalized spacial score (nSPS) is 13.9. The van der Waals surface area contributed by atoms with E-state index in [1.807, 2.05) is 12.2 Å². The van der Waals surface area contributed by atoms with Gasteiger partial charge in [0.2, 0.25) is 5.89 Å². The maximum atomic E-state index is 9.82. The molecule has 1 N–H and O–H groups in total. The summed E-state index contributed by atoms with van der Waals surface area (Å²) in [6, 6.07) is 0. The second-order valence-electron chi connectivity index (χ2n) is 4.92. The van der Waals surface area contributed by atoms with Gasteiger partial charge in [-0.2, -0.15) is 0 Å². The van der Waals surface area contributed by atoms with Crippen LogP contribution < -0.4 is 0 Å². The van der Waals surface area contributed by atoms with Crippen LogP contribution in [-0.2, 0) is 12.0 Å². The van der Waals surface area contributed by atoms with Gasteiger partial charge in [-0.15, -0.1) is 10.2 Å². The summed E-state index contributed by atoms with van der Waals surface area (Å²) < 4.78 is 5.45. The van der Waals surface area contributed by atoms with Gasteiger partial charge in [-0.1, -0.05) is 23.8 Å². The Bertz CT molecular complexity index is 671. The fourth-order valence-electron chi connectivity index (χ4n) is 1.89. The molecule has 0 aromatic carbocycles. The molecule has 0 bridgehead atoms. The quantitative estimate of drug-likeness (QED) is 0.913. The molecule has 0 aliphatic heterocycles. The van der Waals surface area contributed by atoms with Crippen LogP contribution in [0.4, 0.5) is 0 Å². The van der Waals surface area contributed by atoms with Crippen LogP contribution in [0.25, 0.3) is 17.5 Å². The van der Waals surface area contributed by atoms with Crippen LogP contribution in [0.3, 0.4) is 0 Å². The van der Waals surface area contributed by atoms with Gasteiger partial charge in [0.15, 0.2) is 0 Å². The highest BCUT2D eigenvalue weighted by Gasteiger charge is 2.25. The van der Waals surface area contributed by atoms with Crippen molar-refractivity contribution in [2.45, 2.75) is 25.9 Å². The molecule has 0 fully saturated rings. The number of hydrogen-bond donors (Lipinski definition) is 1. The van der Waals surface area contributed by atoms with Gasteiger partial charge < -0.3 is 9.52 Å². The van der Waals surface area contributed by atoms with Gasteiger partial charge in [0.1, 0.15) is 5.60 Å². The van der Waals surface area contributed by atoms with Gasteiger partial charge in [-0.05, 0) is 13.8 Å². The first-order chi connectivity index (χ1) is 8.97. The van der Waals surface area contributed by atoms with Gasteiger partial charge in [-0.3, -0.25) is 4.98 Å². The monoisotopic (exact) mass is 277 g/mol. The summed E-state index contributed by atoms with van der Waals surface area (Å²) >= 11 is 6.33. The van der Waals surface area contributed by atoms with Crippen LogP contribution in [0.2, 0.25) is 5.02 Å². The molecule has 0 spiro atoms. The lowest BCUT2D eigenvalue weighted by molar-refractivity contribution is 0.0488. The van der Waals surface area contributed by atoms with E-state index in [9.17, 15) is 5.11 Å². The summed E-state index contributed by atoms with van der Waals surface area (Å²) in [6.07, 6.45) is 6.34. The number of nitrogens with zero attached hydrogens (tertiary/aromatic N) is 3. The Morgan fingerprint density at radius 3 is 2.84 bits per heavy atom. The van der Waals surface area contributed by atoms with Crippen LogP contribution in [0, 0.1) is 0 Å². The molecule has 0 atom stereocenters. The zero-order valence-corrected chi connectivity index (χ0v) is 11.3. The maximum Gasteiger partial charge on any atom is 0.250 e. The van der Waals surface area contributed by atoms with Gasteiger partial charge in [-0.25, -0.2) is 0 Å². The van der Waals surface area contributed by atoms with Crippen molar-refractivity contribution in [3.05, 3.63) is 34.4 Å². The van der Waals surface area contributed by atoms with Gasteiger partial charge >= 0.3 is 0 Å². The predicted molar refractivity (Wildman–Crippen MR) is 70.5 cm³/mol. The number of halogens is 1. The first-order valence-corrected chi connectivity index (χ1v) is 6.25. The van der Waals surface area contributed by atoms with Crippen LogP contribution in [0.15, 0.2) is 16.7 Å². The Balaban J connectivity index is 2.08. The third-order valence-corrected chi connectivity index (χ3v) is 3.32. The summed E-state index contributed by atoms with van der Waals surface area (Å²) in [5.41, 5.74) is 1.23. The molecule has 1 aliphatic rings. The third-order valence-electron chi connectivity index (χ3n) is 2.91. The summed E-state index contributed by atoms with van der Waals surface area (Å²) in [5, 5.41) is 18.1. The predicted octanol–water partition coefficient (Wildman–Crippen LogP) is 2.58. The molecule has 0 amide bonds. The summed E-state index contributed by atoms with van der Waals surface area (Å²) in [6.45, 7) is 3.16. The largest absolute Gasteiger partial charge is 0.417 e. The highest BCUT2D eigenvalue weighted by molar-refractivity contribution is 6.34. The van der Waals surface area contributed by atoms with Crippen molar-refractivity contribution in [2.24, 2.45) is 0 Å². The van der Waals surface area contributed by atoms with E-state index in [0.29, 0.717) is 10.6 Å². The standard InChI is InChI=1S/C13H12ClN3O2/c1-13(2,18)12-17-16-11(19-12)8-6-15-9-5-3-4-7(9)10(8)14/h3-4,6,18H,5H2,1-2H3. The molecule has 2 heterocycles. The van der Waals surface area contributed by atoms with Crippen molar-refractivity contribution in [1.29, 1.82) is 0 Å². The maximum absolute atomic E-state index is 9.82. The van der Waals surface area contributed by atoms with Crippen molar-refractivity contribution in [3.63, 3.8) is 0 Å². The van der Waals surface area contributed by atoms with E-state index in [1.54, 1.807) is 20.0 Å². The fourth-order valence-corrected chi connectivity index (χ4v) is 2.19. The second kappa shape index (κ2) is 4.15. The van der Waals surface area contributed by atoms with Crippen LogP contribution >= 0.6 is 11.6 Å². The Labute approximate surface area is 115 Å². The average Bonchev–Trinajstić information content (AvgIpc) is 2.96. The van der Waals surface area contributed by atoms with Gasteiger partial charge in [0.05, 0.1) is 16.3 Å². The molecule has 0 saturated heterocycles. The van der Waals surface area contributed by atoms with E-state index in [-0.39, 0.29) is 11.8 Å². The fraction of sp³-hybridized carbons (Fsp3) is 0.308. The number of rotatable bonds is 2. The van der Waals surface area contributed by atoms with E-state index in [1.165, 1.54) is 0 Å². The third kappa shape index (κ3) is 2.05. The first kappa shape index (κ1) is 12.3. The highest BCUT2D eigenvalue weighted by atomic mass is 35.5. The van der Waals surface area contributed by atoms with Gasteiger partial charge in [0.25, 0.3) is 5.89 Å². The lowest BCUT2D eigenvalue weighted by Gasteiger charge is -2.10. The number of aromatic nitrogens is 3. The Morgan fingerprint density at radius 2 is 2.16 bits per heavy atom. The SMILES string of the molecule is CC(C)(O)c1nnc(-c2cnc3c(c2Cl)C=CC3)o1. The lowest BCUT2D eigenvalue weighted by atomic mass is 10.1.